The van der Waals surface area contributed by atoms with Crippen molar-refractivity contribution in [2.24, 2.45) is 5.14 Å². The molecule has 0 fully saturated rings. The second-order valence-corrected chi connectivity index (χ2v) is 11.0. The Morgan fingerprint density at radius 2 is 1.56 bits per heavy atom. The summed E-state index contributed by atoms with van der Waals surface area (Å²) in [5.41, 5.74) is 2.72. The van der Waals surface area contributed by atoms with Crippen LogP contribution in [-0.2, 0) is 31.9 Å². The topological polar surface area (TPSA) is 106 Å². The first-order valence-corrected chi connectivity index (χ1v) is 11.7. The third-order valence-electron chi connectivity index (χ3n) is 4.19. The minimum Gasteiger partial charge on any atom is -0.282 e. The predicted octanol–water partition coefficient (Wildman–Crippen LogP) is 2.92. The molecule has 0 bridgehead atoms. The van der Waals surface area contributed by atoms with Crippen LogP contribution in [0.4, 0.5) is 5.69 Å². The van der Waals surface area contributed by atoms with Gasteiger partial charge >= 0.3 is 0 Å². The van der Waals surface area contributed by atoms with E-state index >= 15 is 0 Å². The van der Waals surface area contributed by atoms with Gasteiger partial charge < -0.3 is 0 Å². The monoisotopic (exact) mass is 410 g/mol. The van der Waals surface area contributed by atoms with Gasteiger partial charge in [0, 0.05) is 0 Å². The van der Waals surface area contributed by atoms with Gasteiger partial charge in [-0.05, 0) is 47.6 Å². The quantitative estimate of drug-likeness (QED) is 0.763. The van der Waals surface area contributed by atoms with Gasteiger partial charge in [-0.25, -0.2) is 22.0 Å². The summed E-state index contributed by atoms with van der Waals surface area (Å²) >= 11 is 0. The van der Waals surface area contributed by atoms with Crippen LogP contribution in [0.15, 0.2) is 47.4 Å². The largest absolute Gasteiger partial charge is 0.282 e. The van der Waals surface area contributed by atoms with Crippen LogP contribution < -0.4 is 9.86 Å². The lowest BCUT2D eigenvalue weighted by Crippen LogP contribution is -2.21. The van der Waals surface area contributed by atoms with Gasteiger partial charge in [0.1, 0.15) is 4.90 Å². The lowest BCUT2D eigenvalue weighted by molar-refractivity contribution is 0.589. The Morgan fingerprint density at radius 3 is 2.07 bits per heavy atom. The molecule has 2 rings (SSSR count). The standard InChI is InChI=1S/C19H26N2O4S2/c1-14-5-10-17(18(13-14)27(20,24)25)21-26(22,23)12-11-15-6-8-16(9-7-15)19(2,3)4/h5-10,13,21H,11-12H2,1-4H3,(H2,20,24,25). The van der Waals surface area contributed by atoms with E-state index in [2.05, 4.69) is 25.5 Å². The van der Waals surface area contributed by atoms with Crippen molar-refractivity contribution in [2.45, 2.75) is 44.4 Å². The number of nitrogens with one attached hydrogen (secondary N) is 1. The molecule has 3 N–H and O–H groups in total. The third-order valence-corrected chi connectivity index (χ3v) is 6.41. The molecule has 0 aliphatic rings. The van der Waals surface area contributed by atoms with Crippen LogP contribution in [0, 0.1) is 6.92 Å². The lowest BCUT2D eigenvalue weighted by Gasteiger charge is -2.19. The molecule has 148 valence electrons. The van der Waals surface area contributed by atoms with Gasteiger partial charge in [0.05, 0.1) is 11.4 Å². The Balaban J connectivity index is 2.15. The van der Waals surface area contributed by atoms with Gasteiger partial charge in [-0.2, -0.15) is 0 Å². The fourth-order valence-electron chi connectivity index (χ4n) is 2.59. The average Bonchev–Trinajstić information content (AvgIpc) is 2.53. The molecule has 0 aliphatic carbocycles. The summed E-state index contributed by atoms with van der Waals surface area (Å²) < 4.78 is 50.6. The van der Waals surface area contributed by atoms with Crippen LogP contribution in [0.2, 0.25) is 0 Å². The summed E-state index contributed by atoms with van der Waals surface area (Å²) in [6, 6.07) is 12.2. The fourth-order valence-corrected chi connectivity index (χ4v) is 4.55. The van der Waals surface area contributed by atoms with Crippen LogP contribution in [0.5, 0.6) is 0 Å². The van der Waals surface area contributed by atoms with Gasteiger partial charge in [0.15, 0.2) is 0 Å². The minimum atomic E-state index is -4.04. The summed E-state index contributed by atoms with van der Waals surface area (Å²) in [6.45, 7) is 8.04. The lowest BCUT2D eigenvalue weighted by atomic mass is 9.86. The molecule has 0 amide bonds. The van der Waals surface area contributed by atoms with Crippen LogP contribution in [0.25, 0.3) is 0 Å². The smallest absolute Gasteiger partial charge is 0.240 e. The van der Waals surface area contributed by atoms with Crippen LogP contribution in [0.1, 0.15) is 37.5 Å². The first-order chi connectivity index (χ1) is 12.3. The molecule has 0 saturated heterocycles. The van der Waals surface area contributed by atoms with Crippen LogP contribution in [-0.4, -0.2) is 22.6 Å². The zero-order chi connectivity index (χ0) is 20.5. The highest BCUT2D eigenvalue weighted by Crippen LogP contribution is 2.24. The highest BCUT2D eigenvalue weighted by atomic mass is 32.2. The van der Waals surface area contributed by atoms with E-state index in [4.69, 9.17) is 5.14 Å². The Bertz CT molecular complexity index is 1020. The van der Waals surface area contributed by atoms with Crippen molar-refractivity contribution in [1.29, 1.82) is 0 Å². The summed E-state index contributed by atoms with van der Waals surface area (Å²) in [5.74, 6) is -0.167. The summed E-state index contributed by atoms with van der Waals surface area (Å²) in [4.78, 5) is -0.236. The molecule has 2 aromatic carbocycles. The van der Waals surface area contributed by atoms with Crippen molar-refractivity contribution in [3.63, 3.8) is 0 Å². The van der Waals surface area contributed by atoms with E-state index in [1.165, 1.54) is 17.7 Å². The van der Waals surface area contributed by atoms with Gasteiger partial charge in [0.25, 0.3) is 0 Å². The first kappa shape index (κ1) is 21.4. The van der Waals surface area contributed by atoms with E-state index < -0.39 is 20.0 Å². The molecule has 0 aliphatic heterocycles. The normalized spacial score (nSPS) is 12.8. The van der Waals surface area contributed by atoms with Gasteiger partial charge in [-0.1, -0.05) is 51.1 Å². The maximum Gasteiger partial charge on any atom is 0.240 e. The van der Waals surface area contributed by atoms with Crippen molar-refractivity contribution in [1.82, 2.24) is 0 Å². The maximum absolute atomic E-state index is 12.4. The molecular weight excluding hydrogens is 384 g/mol. The molecule has 0 heterocycles. The van der Waals surface area contributed by atoms with Crippen molar-refractivity contribution in [3.05, 3.63) is 59.2 Å². The number of benzene rings is 2. The highest BCUT2D eigenvalue weighted by molar-refractivity contribution is 7.93. The van der Waals surface area contributed by atoms with Crippen molar-refractivity contribution in [2.75, 3.05) is 10.5 Å². The molecule has 0 atom stereocenters. The molecule has 6 nitrogen and oxygen atoms in total. The van der Waals surface area contributed by atoms with Gasteiger partial charge in [-0.3, -0.25) is 4.72 Å². The Morgan fingerprint density at radius 1 is 0.963 bits per heavy atom. The molecule has 0 radical (unpaired) electrons. The number of hydrogen-bond acceptors (Lipinski definition) is 4. The number of rotatable bonds is 6. The van der Waals surface area contributed by atoms with Crippen LogP contribution >= 0.6 is 0 Å². The maximum atomic E-state index is 12.4. The van der Waals surface area contributed by atoms with E-state index in [1.807, 2.05) is 24.3 Å². The highest BCUT2D eigenvalue weighted by Gasteiger charge is 2.19. The SMILES string of the molecule is Cc1ccc(NS(=O)(=O)CCc2ccc(C(C)(C)C)cc2)c(S(N)(=O)=O)c1. The number of sulfonamides is 2. The minimum absolute atomic E-state index is 0.0295. The van der Waals surface area contributed by atoms with E-state index in [1.54, 1.807) is 13.0 Å². The molecule has 27 heavy (non-hydrogen) atoms. The molecule has 0 spiro atoms. The number of anilines is 1. The molecule has 2 aromatic rings. The summed E-state index contributed by atoms with van der Waals surface area (Å²) in [5, 5.41) is 5.20. The van der Waals surface area contributed by atoms with Crippen LogP contribution in [0.3, 0.4) is 0 Å². The number of nitrogens with two attached hydrogens (primary N) is 1. The third kappa shape index (κ3) is 6.05. The van der Waals surface area contributed by atoms with Gasteiger partial charge in [0.2, 0.25) is 20.0 Å². The van der Waals surface area contributed by atoms with Crippen molar-refractivity contribution >= 4 is 25.7 Å². The molecule has 8 heteroatoms. The van der Waals surface area contributed by atoms with Crippen molar-refractivity contribution in [3.8, 4) is 0 Å². The zero-order valence-corrected chi connectivity index (χ0v) is 17.6. The summed E-state index contributed by atoms with van der Waals surface area (Å²) in [7, 11) is -7.78. The van der Waals surface area contributed by atoms with E-state index in [0.717, 1.165) is 5.56 Å². The molecular formula is C19H26N2O4S2. The molecule has 0 saturated carbocycles. The Labute approximate surface area is 161 Å². The van der Waals surface area contributed by atoms with Gasteiger partial charge in [-0.15, -0.1) is 0 Å². The van der Waals surface area contributed by atoms with E-state index in [-0.39, 0.29) is 21.8 Å². The fraction of sp³-hybridized carbons (Fsp3) is 0.368. The number of hydrogen-bond donors (Lipinski definition) is 2. The molecule has 0 unspecified atom stereocenters. The average molecular weight is 411 g/mol. The van der Waals surface area contributed by atoms with E-state index in [0.29, 0.717) is 12.0 Å². The number of primary sulfonamides is 1. The number of aryl methyl sites for hydroxylation is 2. The predicted molar refractivity (Wildman–Crippen MR) is 109 cm³/mol. The first-order valence-electron chi connectivity index (χ1n) is 8.51. The molecule has 0 aromatic heterocycles. The Hall–Kier alpha value is -1.90. The second kappa shape index (κ2) is 7.61. The summed E-state index contributed by atoms with van der Waals surface area (Å²) in [6.07, 6.45) is 0.316. The zero-order valence-electron chi connectivity index (χ0n) is 16.0. The Kier molecular flexibility index (Phi) is 6.03. The van der Waals surface area contributed by atoms with E-state index in [9.17, 15) is 16.8 Å². The second-order valence-electron chi connectivity index (χ2n) is 7.66. The van der Waals surface area contributed by atoms with Crippen molar-refractivity contribution < 1.29 is 16.8 Å².